The molecule has 0 unspecified atom stereocenters. The smallest absolute Gasteiger partial charge is 0.209 e. The lowest BCUT2D eigenvalue weighted by Gasteiger charge is -2.14. The van der Waals surface area contributed by atoms with E-state index in [4.69, 9.17) is 4.74 Å². The fraction of sp³-hybridized carbons (Fsp3) is 0.227. The van der Waals surface area contributed by atoms with Crippen LogP contribution in [0.3, 0.4) is 0 Å². The van der Waals surface area contributed by atoms with Crippen molar-refractivity contribution in [2.24, 2.45) is 7.05 Å². The Morgan fingerprint density at radius 2 is 1.83 bits per heavy atom. The third kappa shape index (κ3) is 4.93. The first kappa shape index (κ1) is 19.4. The van der Waals surface area contributed by atoms with Crippen LogP contribution in [0.1, 0.15) is 11.1 Å². The number of aryl methyl sites for hydroxylation is 1. The van der Waals surface area contributed by atoms with Gasteiger partial charge in [-0.2, -0.15) is 0 Å². The van der Waals surface area contributed by atoms with Crippen LogP contribution < -0.4 is 10.1 Å². The molecule has 0 saturated heterocycles. The summed E-state index contributed by atoms with van der Waals surface area (Å²) in [6.45, 7) is 2.41. The zero-order valence-corrected chi connectivity index (χ0v) is 17.2. The van der Waals surface area contributed by atoms with Gasteiger partial charge in [0.1, 0.15) is 18.9 Å². The van der Waals surface area contributed by atoms with Gasteiger partial charge < -0.3 is 10.1 Å². The predicted octanol–water partition coefficient (Wildman–Crippen LogP) is 2.80. The van der Waals surface area contributed by atoms with E-state index in [-0.39, 0.29) is 0 Å². The molecule has 2 N–H and O–H groups in total. The summed E-state index contributed by atoms with van der Waals surface area (Å²) in [5.74, 6) is 1.90. The van der Waals surface area contributed by atoms with Gasteiger partial charge in [-0.1, -0.05) is 72.4 Å². The highest BCUT2D eigenvalue weighted by Gasteiger charge is 2.11. The second kappa shape index (κ2) is 9.54. The Hall–Kier alpha value is -2.90. The van der Waals surface area contributed by atoms with Crippen molar-refractivity contribution in [3.05, 3.63) is 77.9 Å². The Morgan fingerprint density at radius 1 is 1.00 bits per heavy atom. The van der Waals surface area contributed by atoms with E-state index < -0.39 is 0 Å². The fourth-order valence-electron chi connectivity index (χ4n) is 3.22. The van der Waals surface area contributed by atoms with Gasteiger partial charge in [-0.15, -0.1) is 5.10 Å². The normalized spacial score (nSPS) is 11.1. The van der Waals surface area contributed by atoms with Crippen molar-refractivity contribution < 1.29 is 10.1 Å². The first-order chi connectivity index (χ1) is 14.3. The zero-order valence-electron chi connectivity index (χ0n) is 16.4. The summed E-state index contributed by atoms with van der Waals surface area (Å²) in [5, 5.41) is 17.2. The highest BCUT2D eigenvalue weighted by Crippen LogP contribution is 2.28. The molecule has 148 valence electrons. The number of fused-ring (bicyclic) bond motifs is 1. The van der Waals surface area contributed by atoms with E-state index in [9.17, 15) is 0 Å². The van der Waals surface area contributed by atoms with E-state index in [0.717, 1.165) is 29.7 Å². The Kier molecular flexibility index (Phi) is 6.38. The van der Waals surface area contributed by atoms with Gasteiger partial charge in [0, 0.05) is 7.05 Å². The second-order valence-corrected chi connectivity index (χ2v) is 7.81. The summed E-state index contributed by atoms with van der Waals surface area (Å²) >= 11 is 1.67. The standard InChI is InChI=1S/C22H23N5OS/c1-27-22(24-25-26-27)29-14-13-23-15-20-19-10-6-5-9-18(19)11-12-21(20)28-16-17-7-3-2-4-8-17/h2-12,23H,13-16H2,1H3/p+1. The molecule has 4 rings (SSSR count). The molecule has 0 amide bonds. The van der Waals surface area contributed by atoms with E-state index in [2.05, 4.69) is 69.4 Å². The van der Waals surface area contributed by atoms with Crippen LogP contribution in [-0.4, -0.2) is 32.5 Å². The Bertz CT molecular complexity index is 1070. The Labute approximate surface area is 174 Å². The van der Waals surface area contributed by atoms with E-state index in [1.807, 2.05) is 25.2 Å². The molecule has 1 aromatic heterocycles. The number of hydrogen-bond acceptors (Lipinski definition) is 5. The third-order valence-electron chi connectivity index (χ3n) is 4.72. The zero-order chi connectivity index (χ0) is 19.9. The van der Waals surface area contributed by atoms with Crippen molar-refractivity contribution in [3.8, 4) is 5.75 Å². The number of aromatic nitrogens is 4. The van der Waals surface area contributed by atoms with Crippen LogP contribution in [0.2, 0.25) is 0 Å². The first-order valence-electron chi connectivity index (χ1n) is 9.65. The molecule has 6 nitrogen and oxygen atoms in total. The average Bonchev–Trinajstić information content (AvgIpc) is 3.18. The number of nitrogens with two attached hydrogens (primary N) is 1. The van der Waals surface area contributed by atoms with E-state index in [1.54, 1.807) is 16.4 Å². The second-order valence-electron chi connectivity index (χ2n) is 6.75. The molecule has 0 atom stereocenters. The molecule has 7 heteroatoms. The minimum atomic E-state index is 0.571. The number of ether oxygens (including phenoxy) is 1. The topological polar surface area (TPSA) is 69.4 Å². The summed E-state index contributed by atoms with van der Waals surface area (Å²) in [6, 6.07) is 23.0. The maximum Gasteiger partial charge on any atom is 0.209 e. The summed E-state index contributed by atoms with van der Waals surface area (Å²) in [5.41, 5.74) is 2.41. The predicted molar refractivity (Wildman–Crippen MR) is 115 cm³/mol. The van der Waals surface area contributed by atoms with Crippen molar-refractivity contribution in [2.45, 2.75) is 18.3 Å². The monoisotopic (exact) mass is 406 g/mol. The van der Waals surface area contributed by atoms with Gasteiger partial charge in [0.15, 0.2) is 0 Å². The van der Waals surface area contributed by atoms with Gasteiger partial charge in [-0.05, 0) is 32.8 Å². The molecule has 0 aliphatic carbocycles. The molecule has 0 saturated carbocycles. The van der Waals surface area contributed by atoms with Crippen LogP contribution in [0.15, 0.2) is 71.9 Å². The molecule has 3 aromatic carbocycles. The highest BCUT2D eigenvalue weighted by molar-refractivity contribution is 7.99. The van der Waals surface area contributed by atoms with E-state index in [1.165, 1.54) is 21.9 Å². The third-order valence-corrected chi connectivity index (χ3v) is 5.76. The van der Waals surface area contributed by atoms with Crippen LogP contribution >= 0.6 is 11.8 Å². The molecule has 0 bridgehead atoms. The quantitative estimate of drug-likeness (QED) is 0.342. The number of quaternary nitrogens is 1. The van der Waals surface area contributed by atoms with E-state index in [0.29, 0.717) is 6.61 Å². The molecule has 1 heterocycles. The lowest BCUT2D eigenvalue weighted by molar-refractivity contribution is -0.666. The number of hydrogen-bond donors (Lipinski definition) is 1. The van der Waals surface area contributed by atoms with Gasteiger partial charge >= 0.3 is 0 Å². The molecule has 29 heavy (non-hydrogen) atoms. The van der Waals surface area contributed by atoms with Gasteiger partial charge in [0.2, 0.25) is 5.16 Å². The largest absolute Gasteiger partial charge is 0.488 e. The molecule has 4 aromatic rings. The van der Waals surface area contributed by atoms with E-state index >= 15 is 0 Å². The minimum Gasteiger partial charge on any atom is -0.488 e. The van der Waals surface area contributed by atoms with Crippen LogP contribution in [0.25, 0.3) is 10.8 Å². The van der Waals surface area contributed by atoms with Crippen molar-refractivity contribution in [2.75, 3.05) is 12.3 Å². The van der Waals surface area contributed by atoms with Gasteiger partial charge in [0.05, 0.1) is 17.9 Å². The molecular formula is C22H24N5OS+. The van der Waals surface area contributed by atoms with Gasteiger partial charge in [-0.25, -0.2) is 4.68 Å². The average molecular weight is 407 g/mol. The SMILES string of the molecule is Cn1nnnc1SCC[NH2+]Cc1c(OCc2ccccc2)ccc2ccccc12. The van der Waals surface area contributed by atoms with Crippen molar-refractivity contribution in [1.29, 1.82) is 0 Å². The van der Waals surface area contributed by atoms with Crippen molar-refractivity contribution in [1.82, 2.24) is 20.2 Å². The fourth-order valence-corrected chi connectivity index (χ4v) is 4.01. The Balaban J connectivity index is 1.43. The number of thioether (sulfide) groups is 1. The van der Waals surface area contributed by atoms with Gasteiger partial charge in [-0.3, -0.25) is 0 Å². The maximum absolute atomic E-state index is 6.21. The molecule has 0 radical (unpaired) electrons. The van der Waals surface area contributed by atoms with Crippen LogP contribution in [0, 0.1) is 0 Å². The number of nitrogens with zero attached hydrogens (tertiary/aromatic N) is 4. The number of benzene rings is 3. The Morgan fingerprint density at radius 3 is 2.66 bits per heavy atom. The summed E-state index contributed by atoms with van der Waals surface area (Å²) in [6.07, 6.45) is 0. The summed E-state index contributed by atoms with van der Waals surface area (Å²) < 4.78 is 7.91. The molecule has 0 aliphatic rings. The van der Waals surface area contributed by atoms with Gasteiger partial charge in [0.25, 0.3) is 0 Å². The van der Waals surface area contributed by atoms with Crippen LogP contribution in [-0.2, 0) is 20.2 Å². The maximum atomic E-state index is 6.21. The minimum absolute atomic E-state index is 0.571. The molecule has 0 spiro atoms. The van der Waals surface area contributed by atoms with Crippen molar-refractivity contribution in [3.63, 3.8) is 0 Å². The number of rotatable bonds is 9. The molecular weight excluding hydrogens is 382 g/mol. The lowest BCUT2D eigenvalue weighted by atomic mass is 10.0. The highest BCUT2D eigenvalue weighted by atomic mass is 32.2. The number of tetrazole rings is 1. The summed E-state index contributed by atoms with van der Waals surface area (Å²) in [4.78, 5) is 0. The molecule has 0 fully saturated rings. The lowest BCUT2D eigenvalue weighted by Crippen LogP contribution is -2.83. The van der Waals surface area contributed by atoms with Crippen molar-refractivity contribution >= 4 is 22.5 Å². The van der Waals surface area contributed by atoms with Crippen LogP contribution in [0.4, 0.5) is 0 Å². The summed E-state index contributed by atoms with van der Waals surface area (Å²) in [7, 11) is 1.86. The van der Waals surface area contributed by atoms with Crippen LogP contribution in [0.5, 0.6) is 5.75 Å². The first-order valence-corrected chi connectivity index (χ1v) is 10.6. The molecule has 0 aliphatic heterocycles.